The Morgan fingerprint density at radius 3 is 2.22 bits per heavy atom. The zero-order valence-corrected chi connectivity index (χ0v) is 31.3. The van der Waals surface area contributed by atoms with Crippen LogP contribution in [-0.4, -0.2) is 18.0 Å². The first kappa shape index (κ1) is 32.2. The first-order valence-corrected chi connectivity index (χ1v) is 19.6. The van der Waals surface area contributed by atoms with Crippen LogP contribution in [0.2, 0.25) is 19.6 Å². The quantitative estimate of drug-likeness (QED) is 0.128. The molecule has 0 saturated heterocycles. The maximum Gasteiger partial charge on any atom is 0.0798 e. The van der Waals surface area contributed by atoms with Gasteiger partial charge in [-0.15, -0.1) is 59.7 Å². The van der Waals surface area contributed by atoms with E-state index in [2.05, 4.69) is 116 Å². The van der Waals surface area contributed by atoms with Gasteiger partial charge >= 0.3 is 0 Å². The van der Waals surface area contributed by atoms with Crippen molar-refractivity contribution in [1.82, 2.24) is 9.97 Å². The van der Waals surface area contributed by atoms with Crippen LogP contribution in [0.25, 0.3) is 53.8 Å². The molecule has 7 rings (SSSR count). The Morgan fingerprint density at radius 1 is 0.761 bits per heavy atom. The Morgan fingerprint density at radius 2 is 1.52 bits per heavy atom. The molecule has 5 heteroatoms. The number of hydrogen-bond donors (Lipinski definition) is 0. The third-order valence-corrected chi connectivity index (χ3v) is 11.5. The van der Waals surface area contributed by atoms with Gasteiger partial charge in [0.05, 0.1) is 8.07 Å². The Balaban J connectivity index is 0.000000207. The average molecular weight is 812 g/mol. The molecule has 3 heterocycles. The number of pyridine rings is 2. The van der Waals surface area contributed by atoms with Crippen molar-refractivity contribution < 1.29 is 21.5 Å². The van der Waals surface area contributed by atoms with E-state index >= 15 is 0 Å². The number of benzene rings is 4. The Hall–Kier alpha value is -3.73. The van der Waals surface area contributed by atoms with Gasteiger partial charge in [0, 0.05) is 38.6 Å². The Bertz CT molecular complexity index is 2130. The molecular formula is C41H38IrN2SSi-2. The van der Waals surface area contributed by atoms with E-state index in [-0.39, 0.29) is 20.1 Å². The molecule has 4 aromatic carbocycles. The second-order valence-corrected chi connectivity index (χ2v) is 18.6. The second-order valence-electron chi connectivity index (χ2n) is 12.6. The van der Waals surface area contributed by atoms with E-state index in [1.54, 1.807) is 17.5 Å². The first-order chi connectivity index (χ1) is 22.0. The van der Waals surface area contributed by atoms with Crippen LogP contribution in [0, 0.1) is 19.1 Å². The normalized spacial score (nSPS) is 11.8. The molecule has 0 aliphatic rings. The largest absolute Gasteiger partial charge is 0.305 e. The first-order valence-electron chi connectivity index (χ1n) is 15.8. The summed E-state index contributed by atoms with van der Waals surface area (Å²) in [4.78, 5) is 9.20. The van der Waals surface area contributed by atoms with Gasteiger partial charge in [-0.2, -0.15) is 11.3 Å². The maximum atomic E-state index is 8.37. The summed E-state index contributed by atoms with van der Waals surface area (Å²) in [7, 11) is -1.27. The molecule has 2 nitrogen and oxygen atoms in total. The molecule has 0 N–H and O–H groups in total. The van der Waals surface area contributed by atoms with Gasteiger partial charge in [-0.3, -0.25) is 0 Å². The third kappa shape index (κ3) is 7.14. The molecule has 0 saturated carbocycles. The molecule has 46 heavy (non-hydrogen) atoms. The van der Waals surface area contributed by atoms with Crippen LogP contribution in [0.1, 0.15) is 32.2 Å². The molecule has 3 aromatic heterocycles. The predicted octanol–water partition coefficient (Wildman–Crippen LogP) is 11.1. The zero-order valence-electron chi connectivity index (χ0n) is 28.1. The maximum absolute atomic E-state index is 8.37. The summed E-state index contributed by atoms with van der Waals surface area (Å²) in [5.74, 6) is -0.660. The van der Waals surface area contributed by atoms with Gasteiger partial charge < -0.3 is 9.97 Å². The molecule has 0 fully saturated rings. The van der Waals surface area contributed by atoms with Crippen molar-refractivity contribution >= 4 is 44.8 Å². The zero-order chi connectivity index (χ0) is 32.5. The summed E-state index contributed by atoms with van der Waals surface area (Å²) in [6.07, 6.45) is 3.86. The van der Waals surface area contributed by atoms with Crippen molar-refractivity contribution in [2.24, 2.45) is 0 Å². The van der Waals surface area contributed by atoms with E-state index in [1.807, 2.05) is 56.3 Å². The van der Waals surface area contributed by atoms with Crippen molar-refractivity contribution in [2.75, 3.05) is 0 Å². The van der Waals surface area contributed by atoms with E-state index < -0.39 is 14.0 Å². The minimum Gasteiger partial charge on any atom is -0.305 e. The summed E-state index contributed by atoms with van der Waals surface area (Å²) in [6.45, 7) is 13.0. The number of aryl methyl sites for hydroxylation is 1. The van der Waals surface area contributed by atoms with Gasteiger partial charge in [-0.05, 0) is 56.7 Å². The number of hydrogen-bond acceptors (Lipinski definition) is 3. The van der Waals surface area contributed by atoms with Crippen LogP contribution in [0.3, 0.4) is 0 Å². The smallest absolute Gasteiger partial charge is 0.0798 e. The fraction of sp³-hybridized carbons (Fsp3) is 0.171. The molecule has 0 unspecified atom stereocenters. The van der Waals surface area contributed by atoms with Crippen molar-refractivity contribution in [3.8, 4) is 33.6 Å². The van der Waals surface area contributed by atoms with Gasteiger partial charge in [-0.25, -0.2) is 0 Å². The van der Waals surface area contributed by atoms with Crippen LogP contribution >= 0.6 is 11.3 Å². The summed E-state index contributed by atoms with van der Waals surface area (Å²) in [6, 6.07) is 41.9. The minimum atomic E-state index is -1.27. The fourth-order valence-corrected chi connectivity index (χ4v) is 8.77. The molecule has 7 aromatic rings. The minimum absolute atomic E-state index is 0. The molecule has 233 valence electrons. The second kappa shape index (κ2) is 14.4. The van der Waals surface area contributed by atoms with Crippen LogP contribution < -0.4 is 5.19 Å². The van der Waals surface area contributed by atoms with E-state index in [1.165, 1.54) is 42.0 Å². The van der Waals surface area contributed by atoms with E-state index in [0.29, 0.717) is 0 Å². The standard InChI is InChI=1S/C26H20NS.C15H18NSi.Ir/c1-17(2)19-14-15-27-24(16-19)23-13-7-12-22-21-11-6-10-20(25(21)28-26(22)23)18-8-4-3-5-9-18;1-12-10-14(13-8-6-5-7-9-13)16-11-15(12)17(2,3)4;/h3-12,14-17H,1-2H3;5-8,10-11H,1-4H3;/q2*-1;/i17D;;. The van der Waals surface area contributed by atoms with Crippen molar-refractivity contribution in [2.45, 2.75) is 46.3 Å². The number of rotatable bonds is 5. The molecule has 0 aliphatic heterocycles. The van der Waals surface area contributed by atoms with E-state index in [4.69, 9.17) is 1.37 Å². The van der Waals surface area contributed by atoms with Gasteiger partial charge in [0.25, 0.3) is 0 Å². The topological polar surface area (TPSA) is 25.8 Å². The molecule has 0 atom stereocenters. The monoisotopic (exact) mass is 812 g/mol. The summed E-state index contributed by atoms with van der Waals surface area (Å²) >= 11 is 1.80. The Labute approximate surface area is 293 Å². The van der Waals surface area contributed by atoms with Gasteiger partial charge in [-0.1, -0.05) is 111 Å². The Kier molecular flexibility index (Phi) is 10.1. The van der Waals surface area contributed by atoms with Gasteiger partial charge in [0.15, 0.2) is 0 Å². The van der Waals surface area contributed by atoms with E-state index in [9.17, 15) is 0 Å². The van der Waals surface area contributed by atoms with Crippen LogP contribution in [0.5, 0.6) is 0 Å². The van der Waals surface area contributed by atoms with Crippen molar-refractivity contribution in [3.63, 3.8) is 0 Å². The van der Waals surface area contributed by atoms with E-state index in [0.717, 1.165) is 28.1 Å². The molecule has 0 bridgehead atoms. The molecule has 1 radical (unpaired) electrons. The van der Waals surface area contributed by atoms with Gasteiger partial charge in [0.2, 0.25) is 0 Å². The SMILES string of the molecule is Cc1cc(-c2[c-]cccc2)ncc1[Si](C)(C)C.[2H]C(C)(C)c1ccnc(-c2[c-]ccc3c2sc2c(-c4ccccc4)cccc23)c1.[Ir]. The number of nitrogens with zero attached hydrogens (tertiary/aromatic N) is 2. The van der Waals surface area contributed by atoms with Crippen molar-refractivity contribution in [1.29, 1.82) is 0 Å². The summed E-state index contributed by atoms with van der Waals surface area (Å²) < 4.78 is 10.8. The predicted molar refractivity (Wildman–Crippen MR) is 197 cm³/mol. The van der Waals surface area contributed by atoms with Crippen LogP contribution in [0.4, 0.5) is 0 Å². The summed E-state index contributed by atoms with van der Waals surface area (Å²) in [5, 5.41) is 3.93. The van der Waals surface area contributed by atoms with Crippen LogP contribution in [-0.2, 0) is 20.1 Å². The number of aromatic nitrogens is 2. The molecule has 0 aliphatic carbocycles. The average Bonchev–Trinajstić information content (AvgIpc) is 3.44. The van der Waals surface area contributed by atoms with Crippen LogP contribution in [0.15, 0.2) is 116 Å². The number of fused-ring (bicyclic) bond motifs is 3. The molecular weight excluding hydrogens is 773 g/mol. The van der Waals surface area contributed by atoms with Gasteiger partial charge in [0.1, 0.15) is 0 Å². The fourth-order valence-electron chi connectivity index (χ4n) is 5.72. The number of thiophene rings is 1. The summed E-state index contributed by atoms with van der Waals surface area (Å²) in [5.41, 5.74) is 8.76. The third-order valence-electron chi connectivity index (χ3n) is 8.04. The van der Waals surface area contributed by atoms with Crippen molar-refractivity contribution in [3.05, 3.63) is 139 Å². The molecule has 0 spiro atoms. The molecule has 0 amide bonds.